The molecule has 0 bridgehead atoms. The second-order valence-corrected chi connectivity index (χ2v) is 4.76. The predicted octanol–water partition coefficient (Wildman–Crippen LogP) is 3.34. The third kappa shape index (κ3) is 1.40. The lowest BCUT2D eigenvalue weighted by Gasteiger charge is -2.01. The largest absolute Gasteiger partial charge is 0.478 e. The number of carboxylic acids is 1. The summed E-state index contributed by atoms with van der Waals surface area (Å²) in [7, 11) is 0. The Morgan fingerprint density at radius 2 is 2.29 bits per heavy atom. The van der Waals surface area contributed by atoms with Gasteiger partial charge in [-0.1, -0.05) is 0 Å². The topological polar surface area (TPSA) is 37.3 Å². The second kappa shape index (κ2) is 3.47. The summed E-state index contributed by atoms with van der Waals surface area (Å²) < 4.78 is 14.3. The van der Waals surface area contributed by atoms with Crippen LogP contribution in [-0.2, 0) is 0 Å². The van der Waals surface area contributed by atoms with Crippen LogP contribution in [-0.4, -0.2) is 11.1 Å². The van der Waals surface area contributed by atoms with E-state index in [1.54, 1.807) is 11.4 Å². The fourth-order valence-electron chi connectivity index (χ4n) is 1.26. The van der Waals surface area contributed by atoms with E-state index in [-0.39, 0.29) is 11.4 Å². The molecule has 2 rings (SSSR count). The third-order valence-corrected chi connectivity index (χ3v) is 3.64. The Morgan fingerprint density at radius 3 is 2.93 bits per heavy atom. The van der Waals surface area contributed by atoms with Crippen molar-refractivity contribution in [2.75, 3.05) is 0 Å². The summed E-state index contributed by atoms with van der Waals surface area (Å²) in [6, 6.07) is 2.84. The van der Waals surface area contributed by atoms with Gasteiger partial charge in [0, 0.05) is 8.96 Å². The van der Waals surface area contributed by atoms with Crippen molar-refractivity contribution >= 4 is 50.0 Å². The highest BCUT2D eigenvalue weighted by Crippen LogP contribution is 2.30. The first-order chi connectivity index (χ1) is 6.61. The molecule has 0 aliphatic rings. The van der Waals surface area contributed by atoms with E-state index in [9.17, 15) is 9.18 Å². The zero-order chi connectivity index (χ0) is 10.3. The highest BCUT2D eigenvalue weighted by Gasteiger charge is 2.16. The van der Waals surface area contributed by atoms with Crippen LogP contribution in [0, 0.1) is 9.39 Å². The average Bonchev–Trinajstić information content (AvgIpc) is 2.51. The zero-order valence-electron chi connectivity index (χ0n) is 6.75. The second-order valence-electron chi connectivity index (χ2n) is 2.68. The molecule has 2 aromatic rings. The number of halogens is 2. The Balaban J connectivity index is 2.93. The first-order valence-corrected chi connectivity index (χ1v) is 5.65. The van der Waals surface area contributed by atoms with Gasteiger partial charge in [0.25, 0.3) is 0 Å². The summed E-state index contributed by atoms with van der Waals surface area (Å²) in [5.41, 5.74) is 0.192. The minimum absolute atomic E-state index is 0.192. The van der Waals surface area contributed by atoms with Crippen molar-refractivity contribution in [2.45, 2.75) is 0 Å². The molecule has 0 amide bonds. The highest BCUT2D eigenvalue weighted by molar-refractivity contribution is 14.1. The van der Waals surface area contributed by atoms with Crippen molar-refractivity contribution in [3.8, 4) is 0 Å². The summed E-state index contributed by atoms with van der Waals surface area (Å²) >= 11 is 3.08. The van der Waals surface area contributed by atoms with E-state index in [1.165, 1.54) is 17.4 Å². The van der Waals surface area contributed by atoms with Crippen LogP contribution in [0.3, 0.4) is 0 Å². The van der Waals surface area contributed by atoms with Gasteiger partial charge in [0.15, 0.2) is 0 Å². The normalized spacial score (nSPS) is 10.7. The molecule has 0 aliphatic carbocycles. The van der Waals surface area contributed by atoms with Gasteiger partial charge < -0.3 is 5.11 Å². The van der Waals surface area contributed by atoms with E-state index >= 15 is 0 Å². The minimum atomic E-state index is -1.01. The SMILES string of the molecule is O=C(O)c1c(I)cc(F)c2ccsc12. The van der Waals surface area contributed by atoms with Crippen molar-refractivity contribution in [1.29, 1.82) is 0 Å². The Bertz CT molecular complexity index is 521. The lowest BCUT2D eigenvalue weighted by Crippen LogP contribution is -2.00. The smallest absolute Gasteiger partial charge is 0.338 e. The van der Waals surface area contributed by atoms with Crippen molar-refractivity contribution in [1.82, 2.24) is 0 Å². The molecule has 0 radical (unpaired) electrons. The molecule has 0 spiro atoms. The molecule has 1 aromatic carbocycles. The number of hydrogen-bond donors (Lipinski definition) is 1. The maximum absolute atomic E-state index is 13.3. The van der Waals surface area contributed by atoms with E-state index in [1.807, 2.05) is 22.6 Å². The number of carbonyl (C=O) groups is 1. The molecule has 72 valence electrons. The van der Waals surface area contributed by atoms with Crippen LogP contribution in [0.25, 0.3) is 10.1 Å². The minimum Gasteiger partial charge on any atom is -0.478 e. The molecule has 1 heterocycles. The summed E-state index contributed by atoms with van der Waals surface area (Å²) in [6.07, 6.45) is 0. The van der Waals surface area contributed by atoms with Crippen molar-refractivity contribution in [3.63, 3.8) is 0 Å². The molecule has 0 saturated heterocycles. The Kier molecular flexibility index (Phi) is 2.44. The number of fused-ring (bicyclic) bond motifs is 1. The van der Waals surface area contributed by atoms with Crippen molar-refractivity contribution in [3.05, 3.63) is 32.5 Å². The van der Waals surface area contributed by atoms with E-state index in [0.29, 0.717) is 13.7 Å². The molecule has 0 saturated carbocycles. The number of hydrogen-bond acceptors (Lipinski definition) is 2. The van der Waals surface area contributed by atoms with Crippen LogP contribution in [0.5, 0.6) is 0 Å². The molecule has 0 atom stereocenters. The van der Waals surface area contributed by atoms with E-state index < -0.39 is 5.97 Å². The summed E-state index contributed by atoms with van der Waals surface area (Å²) in [6.45, 7) is 0. The van der Waals surface area contributed by atoms with Gasteiger partial charge in [-0.2, -0.15) is 0 Å². The lowest BCUT2D eigenvalue weighted by atomic mass is 10.1. The molecule has 1 aromatic heterocycles. The Morgan fingerprint density at radius 1 is 1.57 bits per heavy atom. The summed E-state index contributed by atoms with van der Waals surface area (Å²) in [5.74, 6) is -1.38. The quantitative estimate of drug-likeness (QED) is 0.818. The van der Waals surface area contributed by atoms with Gasteiger partial charge >= 0.3 is 5.97 Å². The van der Waals surface area contributed by atoms with Gasteiger partial charge in [0.1, 0.15) is 5.82 Å². The summed E-state index contributed by atoms with van der Waals surface area (Å²) in [4.78, 5) is 10.9. The monoisotopic (exact) mass is 322 g/mol. The van der Waals surface area contributed by atoms with Gasteiger partial charge in [-0.05, 0) is 40.1 Å². The first kappa shape index (κ1) is 9.85. The van der Waals surface area contributed by atoms with Gasteiger partial charge in [-0.15, -0.1) is 11.3 Å². The van der Waals surface area contributed by atoms with Crippen LogP contribution >= 0.6 is 33.9 Å². The van der Waals surface area contributed by atoms with Gasteiger partial charge in [0.05, 0.1) is 10.3 Å². The molecule has 0 aliphatic heterocycles. The van der Waals surface area contributed by atoms with Crippen LogP contribution in [0.1, 0.15) is 10.4 Å². The van der Waals surface area contributed by atoms with Crippen LogP contribution in [0.2, 0.25) is 0 Å². The third-order valence-electron chi connectivity index (χ3n) is 1.86. The maximum Gasteiger partial charge on any atom is 0.338 e. The molecule has 0 fully saturated rings. The molecule has 5 heteroatoms. The number of rotatable bonds is 1. The maximum atomic E-state index is 13.3. The fourth-order valence-corrected chi connectivity index (χ4v) is 3.16. The van der Waals surface area contributed by atoms with Crippen LogP contribution < -0.4 is 0 Å². The van der Waals surface area contributed by atoms with Crippen molar-refractivity contribution in [2.24, 2.45) is 0 Å². The van der Waals surface area contributed by atoms with E-state index in [0.717, 1.165) is 0 Å². The first-order valence-electron chi connectivity index (χ1n) is 3.69. The number of carboxylic acid groups (broad SMARTS) is 1. The molecular formula is C9H4FIO2S. The molecular weight excluding hydrogens is 318 g/mol. The van der Waals surface area contributed by atoms with Gasteiger partial charge in [0.2, 0.25) is 0 Å². The standard InChI is InChI=1S/C9H4FIO2S/c10-5-3-6(11)7(9(12)13)8-4(5)1-2-14-8/h1-3H,(H,12,13). The van der Waals surface area contributed by atoms with E-state index in [4.69, 9.17) is 5.11 Å². The number of thiophene rings is 1. The van der Waals surface area contributed by atoms with Crippen LogP contribution in [0.15, 0.2) is 17.5 Å². The molecule has 2 nitrogen and oxygen atoms in total. The Labute approximate surface area is 96.5 Å². The summed E-state index contributed by atoms with van der Waals surface area (Å²) in [5, 5.41) is 11.0. The number of benzene rings is 1. The molecule has 0 unspecified atom stereocenters. The Hall–Kier alpha value is -0.690. The zero-order valence-corrected chi connectivity index (χ0v) is 9.73. The average molecular weight is 322 g/mol. The predicted molar refractivity (Wildman–Crippen MR) is 61.5 cm³/mol. The number of aromatic carboxylic acids is 1. The van der Waals surface area contributed by atoms with Crippen LogP contribution in [0.4, 0.5) is 4.39 Å². The molecule has 14 heavy (non-hydrogen) atoms. The fraction of sp³-hybridized carbons (Fsp3) is 0. The van der Waals surface area contributed by atoms with Gasteiger partial charge in [-0.25, -0.2) is 9.18 Å². The molecule has 1 N–H and O–H groups in total. The lowest BCUT2D eigenvalue weighted by molar-refractivity contribution is 0.0698. The highest BCUT2D eigenvalue weighted by atomic mass is 127. The van der Waals surface area contributed by atoms with Crippen molar-refractivity contribution < 1.29 is 14.3 Å². The van der Waals surface area contributed by atoms with E-state index in [2.05, 4.69) is 0 Å². The van der Waals surface area contributed by atoms with Gasteiger partial charge in [-0.3, -0.25) is 0 Å².